The second-order valence-electron chi connectivity index (χ2n) is 7.23. The number of hydrogen-bond donors (Lipinski definition) is 2. The lowest BCUT2D eigenvalue weighted by Gasteiger charge is -2.27. The lowest BCUT2D eigenvalue weighted by Crippen LogP contribution is -2.42. The van der Waals surface area contributed by atoms with E-state index in [9.17, 15) is 8.42 Å². The van der Waals surface area contributed by atoms with Crippen LogP contribution in [0.3, 0.4) is 0 Å². The molecule has 1 unspecified atom stereocenters. The van der Waals surface area contributed by atoms with Crippen LogP contribution in [0.5, 0.6) is 0 Å². The van der Waals surface area contributed by atoms with E-state index in [4.69, 9.17) is 0 Å². The summed E-state index contributed by atoms with van der Waals surface area (Å²) in [6.45, 7) is 7.43. The van der Waals surface area contributed by atoms with Crippen LogP contribution in [0.1, 0.15) is 45.1 Å². The summed E-state index contributed by atoms with van der Waals surface area (Å²) in [5.41, 5.74) is 1.12. The minimum absolute atomic E-state index is 0. The minimum Gasteiger partial charge on any atom is -0.357 e. The molecule has 1 aliphatic rings. The molecule has 160 valence electrons. The summed E-state index contributed by atoms with van der Waals surface area (Å²) >= 11 is 0. The first-order valence-corrected chi connectivity index (χ1v) is 11.9. The number of guanidine groups is 1. The van der Waals surface area contributed by atoms with Crippen LogP contribution in [0.2, 0.25) is 0 Å². The Bertz CT molecular complexity index is 721. The standard InChI is InChI=1S/C19H33N5O2S.HI/c1-4-20-19(23-16(2)9-13-27(3,25)26)22-15-17-8-10-21-18(14-17)24-11-6-5-7-12-24;/h8,10,14,16H,4-7,9,11-13,15H2,1-3H3,(H2,20,22,23);1H. The Hall–Kier alpha value is -1.10. The molecule has 2 N–H and O–H groups in total. The average Bonchev–Trinajstić information content (AvgIpc) is 2.65. The zero-order valence-corrected chi connectivity index (χ0v) is 20.3. The fraction of sp³-hybridized carbons (Fsp3) is 0.684. The van der Waals surface area contributed by atoms with Crippen molar-refractivity contribution in [1.82, 2.24) is 15.6 Å². The maximum atomic E-state index is 11.3. The maximum absolute atomic E-state index is 11.3. The summed E-state index contributed by atoms with van der Waals surface area (Å²) in [4.78, 5) is 11.5. The van der Waals surface area contributed by atoms with E-state index in [1.807, 2.05) is 26.1 Å². The third-order valence-corrected chi connectivity index (χ3v) is 5.54. The van der Waals surface area contributed by atoms with Crippen LogP contribution in [0.25, 0.3) is 0 Å². The number of anilines is 1. The SMILES string of the molecule is CCNC(=NCc1ccnc(N2CCCCC2)c1)NC(C)CCS(C)(=O)=O.I. The molecule has 1 fully saturated rings. The van der Waals surface area contributed by atoms with E-state index in [0.717, 1.165) is 31.0 Å². The van der Waals surface area contributed by atoms with Gasteiger partial charge in [0.1, 0.15) is 15.7 Å². The van der Waals surface area contributed by atoms with Crippen molar-refractivity contribution < 1.29 is 8.42 Å². The molecular formula is C19H34IN5O2S. The fourth-order valence-corrected chi connectivity index (χ4v) is 3.82. The molecule has 0 aliphatic carbocycles. The summed E-state index contributed by atoms with van der Waals surface area (Å²) in [6.07, 6.45) is 7.42. The molecule has 9 heteroatoms. The van der Waals surface area contributed by atoms with Gasteiger partial charge in [0.15, 0.2) is 5.96 Å². The number of aliphatic imine (C=N–C) groups is 1. The quantitative estimate of drug-likeness (QED) is 0.310. The predicted octanol–water partition coefficient (Wildman–Crippen LogP) is 2.57. The van der Waals surface area contributed by atoms with Crippen LogP contribution in [-0.4, -0.2) is 57.0 Å². The van der Waals surface area contributed by atoms with Crippen molar-refractivity contribution in [2.45, 2.75) is 52.1 Å². The van der Waals surface area contributed by atoms with Crippen molar-refractivity contribution in [2.24, 2.45) is 4.99 Å². The van der Waals surface area contributed by atoms with Gasteiger partial charge in [0.05, 0.1) is 12.3 Å². The summed E-state index contributed by atoms with van der Waals surface area (Å²) < 4.78 is 22.7. The van der Waals surface area contributed by atoms with Gasteiger partial charge in [0, 0.05) is 38.1 Å². The molecule has 2 rings (SSSR count). The highest BCUT2D eigenvalue weighted by atomic mass is 127. The molecule has 0 bridgehead atoms. The number of rotatable bonds is 8. The van der Waals surface area contributed by atoms with E-state index in [2.05, 4.69) is 31.6 Å². The van der Waals surface area contributed by atoms with E-state index in [0.29, 0.717) is 18.9 Å². The van der Waals surface area contributed by atoms with Crippen molar-refractivity contribution in [3.05, 3.63) is 23.9 Å². The normalized spacial score (nSPS) is 16.2. The van der Waals surface area contributed by atoms with Crippen LogP contribution < -0.4 is 15.5 Å². The highest BCUT2D eigenvalue weighted by Gasteiger charge is 2.13. The number of piperidine rings is 1. The van der Waals surface area contributed by atoms with Crippen LogP contribution in [0.4, 0.5) is 5.82 Å². The van der Waals surface area contributed by atoms with Crippen molar-refractivity contribution >= 4 is 45.6 Å². The zero-order valence-electron chi connectivity index (χ0n) is 17.1. The van der Waals surface area contributed by atoms with E-state index < -0.39 is 9.84 Å². The van der Waals surface area contributed by atoms with Crippen molar-refractivity contribution in [3.8, 4) is 0 Å². The first kappa shape index (κ1) is 24.9. The molecule has 7 nitrogen and oxygen atoms in total. The summed E-state index contributed by atoms with van der Waals surface area (Å²) in [5.74, 6) is 1.90. The third kappa shape index (κ3) is 9.40. The van der Waals surface area contributed by atoms with Gasteiger partial charge in [0.25, 0.3) is 0 Å². The van der Waals surface area contributed by atoms with Gasteiger partial charge in [-0.15, -0.1) is 24.0 Å². The molecule has 0 radical (unpaired) electrons. The number of nitrogens with zero attached hydrogens (tertiary/aromatic N) is 3. The molecule has 2 heterocycles. The smallest absolute Gasteiger partial charge is 0.191 e. The highest BCUT2D eigenvalue weighted by molar-refractivity contribution is 14.0. The Labute approximate surface area is 186 Å². The molecule has 0 amide bonds. The summed E-state index contributed by atoms with van der Waals surface area (Å²) in [6, 6.07) is 4.14. The first-order chi connectivity index (χ1) is 12.9. The largest absolute Gasteiger partial charge is 0.357 e. The van der Waals surface area contributed by atoms with Gasteiger partial charge in [-0.3, -0.25) is 0 Å². The molecule has 0 spiro atoms. The molecular weight excluding hydrogens is 489 g/mol. The molecule has 1 aliphatic heterocycles. The van der Waals surface area contributed by atoms with Crippen molar-refractivity contribution in [1.29, 1.82) is 0 Å². The number of aromatic nitrogens is 1. The van der Waals surface area contributed by atoms with Gasteiger partial charge in [-0.2, -0.15) is 0 Å². The number of halogens is 1. The van der Waals surface area contributed by atoms with Crippen LogP contribution in [-0.2, 0) is 16.4 Å². The number of pyridine rings is 1. The van der Waals surface area contributed by atoms with Gasteiger partial charge in [0.2, 0.25) is 0 Å². The third-order valence-electron chi connectivity index (χ3n) is 4.56. The van der Waals surface area contributed by atoms with Gasteiger partial charge in [-0.05, 0) is 57.2 Å². The van der Waals surface area contributed by atoms with Crippen LogP contribution in [0, 0.1) is 0 Å². The van der Waals surface area contributed by atoms with E-state index in [-0.39, 0.29) is 35.8 Å². The molecule has 0 saturated carbocycles. The van der Waals surface area contributed by atoms with E-state index in [1.165, 1.54) is 25.5 Å². The lowest BCUT2D eigenvalue weighted by atomic mass is 10.1. The van der Waals surface area contributed by atoms with Crippen molar-refractivity contribution in [3.63, 3.8) is 0 Å². The van der Waals surface area contributed by atoms with Gasteiger partial charge < -0.3 is 15.5 Å². The zero-order chi connectivity index (χ0) is 19.7. The minimum atomic E-state index is -2.95. The maximum Gasteiger partial charge on any atom is 0.191 e. The van der Waals surface area contributed by atoms with Crippen LogP contribution in [0.15, 0.2) is 23.3 Å². The Morgan fingerprint density at radius 3 is 2.68 bits per heavy atom. The van der Waals surface area contributed by atoms with Gasteiger partial charge in [-0.25, -0.2) is 18.4 Å². The van der Waals surface area contributed by atoms with Crippen LogP contribution >= 0.6 is 24.0 Å². The fourth-order valence-electron chi connectivity index (χ4n) is 3.04. The van der Waals surface area contributed by atoms with E-state index in [1.54, 1.807) is 0 Å². The molecule has 1 atom stereocenters. The summed E-state index contributed by atoms with van der Waals surface area (Å²) in [5, 5.41) is 6.51. The first-order valence-electron chi connectivity index (χ1n) is 9.80. The Morgan fingerprint density at radius 1 is 1.32 bits per heavy atom. The van der Waals surface area contributed by atoms with E-state index >= 15 is 0 Å². The monoisotopic (exact) mass is 523 g/mol. The average molecular weight is 523 g/mol. The lowest BCUT2D eigenvalue weighted by molar-refractivity contribution is 0.573. The van der Waals surface area contributed by atoms with Crippen molar-refractivity contribution in [2.75, 3.05) is 36.5 Å². The Kier molecular flexibility index (Phi) is 11.1. The summed E-state index contributed by atoms with van der Waals surface area (Å²) in [7, 11) is -2.95. The molecule has 1 aromatic heterocycles. The van der Waals surface area contributed by atoms with Gasteiger partial charge in [-0.1, -0.05) is 0 Å². The number of nitrogens with one attached hydrogen (secondary N) is 2. The predicted molar refractivity (Wildman–Crippen MR) is 127 cm³/mol. The van der Waals surface area contributed by atoms with Gasteiger partial charge >= 0.3 is 0 Å². The molecule has 0 aromatic carbocycles. The Balaban J connectivity index is 0.00000392. The highest BCUT2D eigenvalue weighted by Crippen LogP contribution is 2.18. The molecule has 1 saturated heterocycles. The Morgan fingerprint density at radius 2 is 2.04 bits per heavy atom. The molecule has 28 heavy (non-hydrogen) atoms. The number of hydrogen-bond acceptors (Lipinski definition) is 5. The topological polar surface area (TPSA) is 86.7 Å². The second kappa shape index (κ2) is 12.5. The second-order valence-corrected chi connectivity index (χ2v) is 9.49. The number of sulfone groups is 1. The molecule has 1 aromatic rings.